The summed E-state index contributed by atoms with van der Waals surface area (Å²) in [4.78, 5) is 30.2. The maximum Gasteiger partial charge on any atom is 0.328 e. The van der Waals surface area contributed by atoms with Crippen LogP contribution < -0.4 is 20.5 Å². The van der Waals surface area contributed by atoms with Crippen molar-refractivity contribution in [3.05, 3.63) is 99.1 Å². The second-order valence-corrected chi connectivity index (χ2v) is 10.8. The number of urea groups is 1. The van der Waals surface area contributed by atoms with Crippen LogP contribution in [-0.2, 0) is 6.54 Å². The summed E-state index contributed by atoms with van der Waals surface area (Å²) in [5.41, 5.74) is 3.92. The lowest BCUT2D eigenvalue weighted by atomic mass is 9.91. The smallest absolute Gasteiger partial charge is 0.328 e. The number of pyridine rings is 1. The molecule has 2 aromatic carbocycles. The Kier molecular flexibility index (Phi) is 7.69. The van der Waals surface area contributed by atoms with Crippen molar-refractivity contribution in [2.45, 2.75) is 32.4 Å². The number of anilines is 2. The van der Waals surface area contributed by atoms with E-state index in [0.717, 1.165) is 22.5 Å². The van der Waals surface area contributed by atoms with Crippen molar-refractivity contribution in [2.24, 2.45) is 0 Å². The van der Waals surface area contributed by atoms with Gasteiger partial charge in [0.1, 0.15) is 11.4 Å². The molecule has 208 valence electrons. The van der Waals surface area contributed by atoms with Crippen LogP contribution in [0, 0.1) is 0 Å². The standard InChI is InChI=1S/C30H33ClN6O3/c1-19(2)27-26-28(20-10-12-21(31)13-11-20)36(22-14-15-25(38)35(18-22)17-16-34(3)4)30(39)32-29(26)33-37(27)23-8-6-7-9-24(23)40-5/h6-15,18-19,28H,16-17H2,1-5H3,(H,32,33,39). The number of methoxy groups -OCH3 is 1. The molecule has 5 rings (SSSR count). The van der Waals surface area contributed by atoms with E-state index < -0.39 is 6.04 Å². The van der Waals surface area contributed by atoms with Crippen molar-refractivity contribution in [3.8, 4) is 11.4 Å². The maximum absolute atomic E-state index is 13.8. The fraction of sp³-hybridized carbons (Fsp3) is 0.300. The lowest BCUT2D eigenvalue weighted by molar-refractivity contribution is 0.254. The number of likely N-dealkylation sites (N-methyl/N-ethyl adjacent to an activating group) is 1. The average molecular weight is 561 g/mol. The predicted octanol–water partition coefficient (Wildman–Crippen LogP) is 5.52. The Morgan fingerprint density at radius 2 is 1.77 bits per heavy atom. The van der Waals surface area contributed by atoms with Crippen LogP contribution >= 0.6 is 11.6 Å². The second-order valence-electron chi connectivity index (χ2n) is 10.4. The molecule has 0 aliphatic carbocycles. The summed E-state index contributed by atoms with van der Waals surface area (Å²) in [6, 6.07) is 17.5. The van der Waals surface area contributed by atoms with Crippen LogP contribution in [0.5, 0.6) is 5.75 Å². The molecule has 0 saturated heterocycles. The van der Waals surface area contributed by atoms with Gasteiger partial charge in [-0.3, -0.25) is 15.0 Å². The zero-order valence-electron chi connectivity index (χ0n) is 23.3. The molecular weight excluding hydrogens is 528 g/mol. The third-order valence-corrected chi connectivity index (χ3v) is 7.27. The normalized spacial score (nSPS) is 14.9. The minimum Gasteiger partial charge on any atom is -0.494 e. The van der Waals surface area contributed by atoms with Crippen LogP contribution in [0.25, 0.3) is 5.69 Å². The van der Waals surface area contributed by atoms with E-state index in [9.17, 15) is 9.59 Å². The minimum absolute atomic E-state index is 0.0434. The number of ether oxygens (including phenoxy) is 1. The molecule has 1 aliphatic heterocycles. The van der Waals surface area contributed by atoms with Crippen LogP contribution in [0.1, 0.15) is 42.6 Å². The molecule has 1 unspecified atom stereocenters. The largest absolute Gasteiger partial charge is 0.494 e. The van der Waals surface area contributed by atoms with Gasteiger partial charge in [0, 0.05) is 35.9 Å². The summed E-state index contributed by atoms with van der Waals surface area (Å²) in [6.45, 7) is 5.38. The summed E-state index contributed by atoms with van der Waals surface area (Å²) in [7, 11) is 5.54. The van der Waals surface area contributed by atoms with E-state index in [1.165, 1.54) is 6.07 Å². The number of hydrogen-bond donors (Lipinski definition) is 1. The highest BCUT2D eigenvalue weighted by atomic mass is 35.5. The fourth-order valence-electron chi connectivity index (χ4n) is 5.13. The van der Waals surface area contributed by atoms with Crippen molar-refractivity contribution in [1.82, 2.24) is 19.2 Å². The first-order chi connectivity index (χ1) is 19.2. The molecule has 2 amide bonds. The van der Waals surface area contributed by atoms with Crippen molar-refractivity contribution in [1.29, 1.82) is 0 Å². The number of benzene rings is 2. The molecule has 1 aliphatic rings. The second kappa shape index (κ2) is 11.2. The van der Waals surface area contributed by atoms with Gasteiger partial charge < -0.3 is 14.2 Å². The van der Waals surface area contributed by atoms with Crippen molar-refractivity contribution in [3.63, 3.8) is 0 Å². The lowest BCUT2D eigenvalue weighted by Gasteiger charge is -2.36. The van der Waals surface area contributed by atoms with Gasteiger partial charge in [-0.1, -0.05) is 49.7 Å². The average Bonchev–Trinajstić information content (AvgIpc) is 3.31. The molecular formula is C30H33ClN6O3. The van der Waals surface area contributed by atoms with E-state index in [2.05, 4.69) is 19.2 Å². The van der Waals surface area contributed by atoms with E-state index in [1.54, 1.807) is 28.8 Å². The first-order valence-corrected chi connectivity index (χ1v) is 13.5. The predicted molar refractivity (Wildman–Crippen MR) is 158 cm³/mol. The summed E-state index contributed by atoms with van der Waals surface area (Å²) < 4.78 is 9.16. The lowest BCUT2D eigenvalue weighted by Crippen LogP contribution is -2.43. The molecule has 40 heavy (non-hydrogen) atoms. The number of halogens is 1. The number of fused-ring (bicyclic) bond motifs is 1. The number of carbonyl (C=O) groups excluding carboxylic acids is 1. The summed E-state index contributed by atoms with van der Waals surface area (Å²) in [6.07, 6.45) is 1.75. The van der Waals surface area contributed by atoms with Gasteiger partial charge in [0.25, 0.3) is 5.56 Å². The monoisotopic (exact) mass is 560 g/mol. The van der Waals surface area contributed by atoms with Crippen LogP contribution in [0.3, 0.4) is 0 Å². The highest BCUT2D eigenvalue weighted by Crippen LogP contribution is 2.45. The van der Waals surface area contributed by atoms with Crippen LogP contribution in [-0.4, -0.2) is 53.0 Å². The topological polar surface area (TPSA) is 84.6 Å². The molecule has 0 fully saturated rings. The van der Waals surface area contributed by atoms with Gasteiger partial charge in [0.05, 0.1) is 24.5 Å². The molecule has 0 bridgehead atoms. The van der Waals surface area contributed by atoms with Crippen LogP contribution in [0.15, 0.2) is 71.7 Å². The SMILES string of the molecule is COc1ccccc1-n1nc2c(c1C(C)C)C(c1ccc(Cl)cc1)N(c1ccc(=O)n(CCN(C)C)c1)C(=O)N2. The number of nitrogens with one attached hydrogen (secondary N) is 1. The number of rotatable bonds is 8. The van der Waals surface area contributed by atoms with Gasteiger partial charge in [-0.2, -0.15) is 0 Å². The molecule has 4 aromatic rings. The van der Waals surface area contributed by atoms with Gasteiger partial charge in [-0.05, 0) is 55.9 Å². The number of aromatic nitrogens is 3. The Balaban J connectivity index is 1.74. The van der Waals surface area contributed by atoms with E-state index >= 15 is 0 Å². The van der Waals surface area contributed by atoms with Gasteiger partial charge in [-0.15, -0.1) is 5.10 Å². The highest BCUT2D eigenvalue weighted by molar-refractivity contribution is 6.30. The minimum atomic E-state index is -0.526. The third-order valence-electron chi connectivity index (χ3n) is 7.02. The van der Waals surface area contributed by atoms with Crippen molar-refractivity contribution >= 4 is 29.1 Å². The van der Waals surface area contributed by atoms with E-state index in [1.807, 2.05) is 72.2 Å². The molecule has 9 nitrogen and oxygen atoms in total. The number of hydrogen-bond acceptors (Lipinski definition) is 5. The molecule has 0 radical (unpaired) electrons. The summed E-state index contributed by atoms with van der Waals surface area (Å²) >= 11 is 6.27. The van der Waals surface area contributed by atoms with E-state index in [4.69, 9.17) is 21.4 Å². The third kappa shape index (κ3) is 5.10. The quantitative estimate of drug-likeness (QED) is 0.307. The van der Waals surface area contributed by atoms with Crippen LogP contribution in [0.2, 0.25) is 5.02 Å². The molecule has 3 heterocycles. The number of nitrogens with zero attached hydrogens (tertiary/aromatic N) is 5. The molecule has 2 aromatic heterocycles. The fourth-order valence-corrected chi connectivity index (χ4v) is 5.25. The summed E-state index contributed by atoms with van der Waals surface area (Å²) in [5.74, 6) is 1.20. The van der Waals surface area contributed by atoms with Crippen LogP contribution in [0.4, 0.5) is 16.3 Å². The number of carbonyl (C=O) groups is 1. The number of amides is 2. The Hall–Kier alpha value is -4.08. The number of para-hydroxylation sites is 2. The Morgan fingerprint density at radius 1 is 1.05 bits per heavy atom. The Labute approximate surface area is 238 Å². The molecule has 1 N–H and O–H groups in total. The van der Waals surface area contributed by atoms with Gasteiger partial charge in [0.15, 0.2) is 5.82 Å². The highest BCUT2D eigenvalue weighted by Gasteiger charge is 2.41. The first kappa shape index (κ1) is 27.5. The molecule has 10 heteroatoms. The van der Waals surface area contributed by atoms with E-state index in [0.29, 0.717) is 35.4 Å². The molecule has 0 spiro atoms. The zero-order chi connectivity index (χ0) is 28.6. The molecule has 1 atom stereocenters. The van der Waals surface area contributed by atoms with Gasteiger partial charge in [-0.25, -0.2) is 9.48 Å². The Morgan fingerprint density at radius 3 is 2.45 bits per heavy atom. The van der Waals surface area contributed by atoms with Gasteiger partial charge in [0.2, 0.25) is 0 Å². The first-order valence-electron chi connectivity index (χ1n) is 13.2. The van der Waals surface area contributed by atoms with Gasteiger partial charge >= 0.3 is 6.03 Å². The van der Waals surface area contributed by atoms with Crippen molar-refractivity contribution < 1.29 is 9.53 Å². The zero-order valence-corrected chi connectivity index (χ0v) is 24.0. The summed E-state index contributed by atoms with van der Waals surface area (Å²) in [5, 5.41) is 8.51. The Bertz CT molecular complexity index is 1590. The maximum atomic E-state index is 13.8. The van der Waals surface area contributed by atoms with Crippen molar-refractivity contribution in [2.75, 3.05) is 38.0 Å². The molecule has 0 saturated carbocycles. The van der Waals surface area contributed by atoms with E-state index in [-0.39, 0.29) is 17.5 Å².